The molecule has 1 heterocycles. The lowest BCUT2D eigenvalue weighted by Crippen LogP contribution is -2.51. The molecule has 0 unspecified atom stereocenters. The van der Waals surface area contributed by atoms with E-state index in [0.29, 0.717) is 13.1 Å². The lowest BCUT2D eigenvalue weighted by atomic mass is 10.0. The summed E-state index contributed by atoms with van der Waals surface area (Å²) in [5.74, 6) is -1.98. The molecule has 1 fully saturated rings. The largest absolute Gasteiger partial charge is 0.371 e. The highest BCUT2D eigenvalue weighted by molar-refractivity contribution is 5.94. The van der Waals surface area contributed by atoms with Gasteiger partial charge in [-0.15, -0.1) is 0 Å². The van der Waals surface area contributed by atoms with Crippen molar-refractivity contribution in [2.45, 2.75) is 52.2 Å². The third kappa shape index (κ3) is 4.28. The molecule has 23 heavy (non-hydrogen) atoms. The molecule has 1 aliphatic rings. The number of halogens is 2. The minimum Gasteiger partial charge on any atom is -0.371 e. The van der Waals surface area contributed by atoms with E-state index in [1.165, 1.54) is 11.0 Å². The van der Waals surface area contributed by atoms with E-state index in [1.807, 2.05) is 13.8 Å². The van der Waals surface area contributed by atoms with Crippen LogP contribution in [0, 0.1) is 17.6 Å². The zero-order valence-electron chi connectivity index (χ0n) is 14.0. The van der Waals surface area contributed by atoms with Gasteiger partial charge >= 0.3 is 0 Å². The number of benzene rings is 1. The molecule has 1 saturated heterocycles. The van der Waals surface area contributed by atoms with Gasteiger partial charge in [-0.3, -0.25) is 4.79 Å². The Hall–Kier alpha value is -1.49. The van der Waals surface area contributed by atoms with Crippen LogP contribution in [0.3, 0.4) is 0 Å². The molecule has 0 saturated carbocycles. The van der Waals surface area contributed by atoms with Crippen molar-refractivity contribution in [1.82, 2.24) is 4.90 Å². The molecule has 1 aliphatic heterocycles. The van der Waals surface area contributed by atoms with Gasteiger partial charge < -0.3 is 9.64 Å². The quantitative estimate of drug-likeness (QED) is 0.818. The Bertz CT molecular complexity index is 528. The Balaban J connectivity index is 2.20. The van der Waals surface area contributed by atoms with Crippen molar-refractivity contribution in [3.8, 4) is 0 Å². The van der Waals surface area contributed by atoms with Crippen LogP contribution in [0.15, 0.2) is 18.2 Å². The van der Waals surface area contributed by atoms with E-state index in [-0.39, 0.29) is 18.1 Å². The molecule has 1 amide bonds. The lowest BCUT2D eigenvalue weighted by molar-refractivity contribution is -0.0964. The van der Waals surface area contributed by atoms with E-state index in [9.17, 15) is 13.6 Å². The monoisotopic (exact) mass is 325 g/mol. The van der Waals surface area contributed by atoms with Gasteiger partial charge in [-0.1, -0.05) is 39.7 Å². The molecule has 0 radical (unpaired) electrons. The van der Waals surface area contributed by atoms with Crippen LogP contribution < -0.4 is 0 Å². The van der Waals surface area contributed by atoms with Crippen LogP contribution in [0.1, 0.15) is 50.4 Å². The maximum atomic E-state index is 13.9. The van der Waals surface area contributed by atoms with Gasteiger partial charge in [-0.25, -0.2) is 8.78 Å². The van der Waals surface area contributed by atoms with Crippen LogP contribution in [0.4, 0.5) is 8.78 Å². The third-order valence-electron chi connectivity index (χ3n) is 4.28. The molecular formula is C18H25F2NO2. The zero-order valence-corrected chi connectivity index (χ0v) is 14.0. The van der Waals surface area contributed by atoms with E-state index in [2.05, 4.69) is 6.92 Å². The molecule has 2 rings (SSSR count). The molecule has 0 N–H and O–H groups in total. The average molecular weight is 325 g/mol. The van der Waals surface area contributed by atoms with Crippen molar-refractivity contribution < 1.29 is 18.3 Å². The number of hydrogen-bond acceptors (Lipinski definition) is 2. The third-order valence-corrected chi connectivity index (χ3v) is 4.28. The van der Waals surface area contributed by atoms with Gasteiger partial charge in [0.15, 0.2) is 0 Å². The van der Waals surface area contributed by atoms with Crippen molar-refractivity contribution in [2.75, 3.05) is 13.1 Å². The molecule has 1 aromatic rings. The highest BCUT2D eigenvalue weighted by Gasteiger charge is 2.34. The summed E-state index contributed by atoms with van der Waals surface area (Å²) in [6.07, 6.45) is 2.72. The smallest absolute Gasteiger partial charge is 0.260 e. The SMILES string of the molecule is CCCC[C@@H]1CN(C(=O)c2c(F)cccc2F)C[C@H](C(C)C)O1. The number of ether oxygens (including phenoxy) is 1. The minimum absolute atomic E-state index is 0.0742. The van der Waals surface area contributed by atoms with Gasteiger partial charge in [0.2, 0.25) is 0 Å². The number of carbonyl (C=O) groups is 1. The molecular weight excluding hydrogens is 300 g/mol. The van der Waals surface area contributed by atoms with Crippen LogP contribution >= 0.6 is 0 Å². The average Bonchev–Trinajstić information content (AvgIpc) is 2.52. The summed E-state index contributed by atoms with van der Waals surface area (Å²) in [6.45, 7) is 6.90. The molecule has 0 aromatic heterocycles. The summed E-state index contributed by atoms with van der Waals surface area (Å²) in [6, 6.07) is 3.50. The Morgan fingerprint density at radius 2 is 1.96 bits per heavy atom. The first-order valence-corrected chi connectivity index (χ1v) is 8.32. The Morgan fingerprint density at radius 3 is 2.52 bits per heavy atom. The van der Waals surface area contributed by atoms with Crippen molar-refractivity contribution in [1.29, 1.82) is 0 Å². The van der Waals surface area contributed by atoms with Crippen LogP contribution in [-0.2, 0) is 4.74 Å². The van der Waals surface area contributed by atoms with Gasteiger partial charge in [0.1, 0.15) is 17.2 Å². The summed E-state index contributed by atoms with van der Waals surface area (Å²) >= 11 is 0. The van der Waals surface area contributed by atoms with E-state index in [1.54, 1.807) is 0 Å². The van der Waals surface area contributed by atoms with Gasteiger partial charge in [-0.05, 0) is 24.5 Å². The van der Waals surface area contributed by atoms with E-state index in [0.717, 1.165) is 31.4 Å². The number of carbonyl (C=O) groups excluding carboxylic acids is 1. The normalized spacial score (nSPS) is 21.7. The van der Waals surface area contributed by atoms with Crippen molar-refractivity contribution in [2.24, 2.45) is 5.92 Å². The standard InChI is InChI=1S/C18H25F2NO2/c1-4-5-7-13-10-21(11-16(23-13)12(2)3)18(22)17-14(19)8-6-9-15(17)20/h6,8-9,12-13,16H,4-5,7,10-11H2,1-3H3/t13-,16-/m1/s1. The minimum atomic E-state index is -0.812. The van der Waals surface area contributed by atoms with Crippen LogP contribution in [0.25, 0.3) is 0 Å². The second-order valence-corrected chi connectivity index (χ2v) is 6.49. The maximum absolute atomic E-state index is 13.9. The van der Waals surface area contributed by atoms with Crippen molar-refractivity contribution in [3.63, 3.8) is 0 Å². The second kappa shape index (κ2) is 7.86. The van der Waals surface area contributed by atoms with Crippen molar-refractivity contribution in [3.05, 3.63) is 35.4 Å². The number of unbranched alkanes of at least 4 members (excludes halogenated alkanes) is 1. The molecule has 0 spiro atoms. The lowest BCUT2D eigenvalue weighted by Gasteiger charge is -2.40. The highest BCUT2D eigenvalue weighted by atomic mass is 19.1. The molecule has 0 bridgehead atoms. The number of rotatable bonds is 5. The molecule has 5 heteroatoms. The molecule has 0 aliphatic carbocycles. The van der Waals surface area contributed by atoms with Crippen LogP contribution in [0.2, 0.25) is 0 Å². The zero-order chi connectivity index (χ0) is 17.0. The summed E-state index contributed by atoms with van der Waals surface area (Å²) in [4.78, 5) is 14.2. The van der Waals surface area contributed by atoms with Gasteiger partial charge in [-0.2, -0.15) is 0 Å². The number of hydrogen-bond donors (Lipinski definition) is 0. The Labute approximate surface area is 136 Å². The van der Waals surface area contributed by atoms with Crippen molar-refractivity contribution >= 4 is 5.91 Å². The fraction of sp³-hybridized carbons (Fsp3) is 0.611. The highest BCUT2D eigenvalue weighted by Crippen LogP contribution is 2.24. The summed E-state index contributed by atoms with van der Waals surface area (Å²) < 4.78 is 33.8. The van der Waals surface area contributed by atoms with Gasteiger partial charge in [0.25, 0.3) is 5.91 Å². The summed E-state index contributed by atoms with van der Waals surface area (Å²) in [5, 5.41) is 0. The fourth-order valence-electron chi connectivity index (χ4n) is 2.86. The molecule has 128 valence electrons. The Morgan fingerprint density at radius 1 is 1.30 bits per heavy atom. The van der Waals surface area contributed by atoms with E-state index >= 15 is 0 Å². The van der Waals surface area contributed by atoms with E-state index in [4.69, 9.17) is 4.74 Å². The number of amides is 1. The summed E-state index contributed by atoms with van der Waals surface area (Å²) in [5.41, 5.74) is -0.467. The topological polar surface area (TPSA) is 29.5 Å². The molecule has 1 aromatic carbocycles. The van der Waals surface area contributed by atoms with Crippen LogP contribution in [-0.4, -0.2) is 36.1 Å². The first-order chi connectivity index (χ1) is 10.9. The fourth-order valence-corrected chi connectivity index (χ4v) is 2.86. The summed E-state index contributed by atoms with van der Waals surface area (Å²) in [7, 11) is 0. The predicted molar refractivity (Wildman–Crippen MR) is 85.3 cm³/mol. The second-order valence-electron chi connectivity index (χ2n) is 6.49. The predicted octanol–water partition coefficient (Wildman–Crippen LogP) is 4.02. The first kappa shape index (κ1) is 17.9. The first-order valence-electron chi connectivity index (χ1n) is 8.32. The van der Waals surface area contributed by atoms with Gasteiger partial charge in [0, 0.05) is 13.1 Å². The number of morpholine rings is 1. The number of nitrogens with zero attached hydrogens (tertiary/aromatic N) is 1. The maximum Gasteiger partial charge on any atom is 0.260 e. The van der Waals surface area contributed by atoms with E-state index < -0.39 is 23.1 Å². The van der Waals surface area contributed by atoms with Gasteiger partial charge in [0.05, 0.1) is 12.2 Å². The van der Waals surface area contributed by atoms with Crippen LogP contribution in [0.5, 0.6) is 0 Å². The molecule has 2 atom stereocenters. The molecule has 3 nitrogen and oxygen atoms in total. The Kier molecular flexibility index (Phi) is 6.10.